The van der Waals surface area contributed by atoms with Crippen molar-refractivity contribution in [3.8, 4) is 22.8 Å². The maximum absolute atomic E-state index is 12.5. The van der Waals surface area contributed by atoms with Crippen molar-refractivity contribution in [1.82, 2.24) is 14.8 Å². The molecule has 1 N–H and O–H groups in total. The van der Waals surface area contributed by atoms with E-state index in [0.717, 1.165) is 11.3 Å². The maximum atomic E-state index is 12.5. The molecule has 162 valence electrons. The fraction of sp³-hybridized carbons (Fsp3) is 0.0870. The summed E-state index contributed by atoms with van der Waals surface area (Å²) in [5.74, 6) is 1.22. The number of hydrogen-bond acceptors (Lipinski definition) is 5. The Bertz CT molecular complexity index is 1240. The van der Waals surface area contributed by atoms with Gasteiger partial charge < -0.3 is 10.1 Å². The number of methoxy groups -OCH3 is 1. The fourth-order valence-corrected chi connectivity index (χ4v) is 4.13. The molecule has 6 nitrogen and oxygen atoms in total. The van der Waals surface area contributed by atoms with Gasteiger partial charge in [-0.15, -0.1) is 10.2 Å². The predicted molar refractivity (Wildman–Crippen MR) is 129 cm³/mol. The SMILES string of the molecule is COc1cccc(NC(=O)CSc2nnc(-c3ccccc3Cl)n2-c2ccc(Cl)cc2)c1. The van der Waals surface area contributed by atoms with Gasteiger partial charge in [0.15, 0.2) is 11.0 Å². The van der Waals surface area contributed by atoms with Crippen molar-refractivity contribution in [2.75, 3.05) is 18.2 Å². The van der Waals surface area contributed by atoms with E-state index in [0.29, 0.717) is 32.5 Å². The van der Waals surface area contributed by atoms with Gasteiger partial charge in [0, 0.05) is 28.0 Å². The van der Waals surface area contributed by atoms with E-state index in [1.165, 1.54) is 11.8 Å². The van der Waals surface area contributed by atoms with Crippen LogP contribution in [0.1, 0.15) is 0 Å². The third-order valence-electron chi connectivity index (χ3n) is 4.52. The van der Waals surface area contributed by atoms with Gasteiger partial charge in [0.25, 0.3) is 0 Å². The standard InChI is InChI=1S/C23H18Cl2N4O2S/c1-31-18-6-4-5-16(13-18)26-21(30)14-32-23-28-27-22(19-7-2-3-8-20(19)25)29(23)17-11-9-15(24)10-12-17/h2-13H,14H2,1H3,(H,26,30). The van der Waals surface area contributed by atoms with Crippen molar-refractivity contribution in [2.24, 2.45) is 0 Å². The molecule has 0 aliphatic heterocycles. The molecule has 32 heavy (non-hydrogen) atoms. The number of amides is 1. The molecule has 0 spiro atoms. The summed E-state index contributed by atoms with van der Waals surface area (Å²) in [6.07, 6.45) is 0. The van der Waals surface area contributed by atoms with E-state index < -0.39 is 0 Å². The Kier molecular flexibility index (Phi) is 6.99. The molecule has 0 fully saturated rings. The Morgan fingerprint density at radius 1 is 1.03 bits per heavy atom. The van der Waals surface area contributed by atoms with Gasteiger partial charge in [0.2, 0.25) is 5.91 Å². The van der Waals surface area contributed by atoms with Gasteiger partial charge in [-0.2, -0.15) is 0 Å². The molecule has 0 atom stereocenters. The Hall–Kier alpha value is -3.00. The van der Waals surface area contributed by atoms with Gasteiger partial charge in [-0.3, -0.25) is 9.36 Å². The minimum Gasteiger partial charge on any atom is -0.497 e. The molecule has 0 aliphatic carbocycles. The summed E-state index contributed by atoms with van der Waals surface area (Å²) in [7, 11) is 1.58. The van der Waals surface area contributed by atoms with Gasteiger partial charge >= 0.3 is 0 Å². The minimum absolute atomic E-state index is 0.144. The first kappa shape index (κ1) is 22.2. The van der Waals surface area contributed by atoms with Crippen LogP contribution >= 0.6 is 35.0 Å². The second-order valence-electron chi connectivity index (χ2n) is 6.67. The lowest BCUT2D eigenvalue weighted by molar-refractivity contribution is -0.113. The van der Waals surface area contributed by atoms with Gasteiger partial charge in [-0.05, 0) is 48.5 Å². The topological polar surface area (TPSA) is 69.0 Å². The van der Waals surface area contributed by atoms with Crippen molar-refractivity contribution in [3.63, 3.8) is 0 Å². The Labute approximate surface area is 199 Å². The molecule has 0 saturated carbocycles. The van der Waals surface area contributed by atoms with E-state index in [1.54, 1.807) is 37.4 Å². The number of halogens is 2. The molecule has 0 bridgehead atoms. The molecule has 0 radical (unpaired) electrons. The quantitative estimate of drug-likeness (QED) is 0.326. The van der Waals surface area contributed by atoms with Crippen LogP contribution in [0.4, 0.5) is 5.69 Å². The zero-order valence-electron chi connectivity index (χ0n) is 17.0. The zero-order valence-corrected chi connectivity index (χ0v) is 19.3. The van der Waals surface area contributed by atoms with Gasteiger partial charge in [-0.1, -0.05) is 53.2 Å². The van der Waals surface area contributed by atoms with Crippen LogP contribution in [0.2, 0.25) is 10.0 Å². The van der Waals surface area contributed by atoms with Crippen LogP contribution in [0.15, 0.2) is 78.0 Å². The first-order valence-electron chi connectivity index (χ1n) is 9.58. The first-order chi connectivity index (χ1) is 15.5. The third kappa shape index (κ3) is 5.07. The molecular weight excluding hydrogens is 467 g/mol. The monoisotopic (exact) mass is 484 g/mol. The number of ether oxygens (including phenoxy) is 1. The smallest absolute Gasteiger partial charge is 0.234 e. The number of thioether (sulfide) groups is 1. The summed E-state index contributed by atoms with van der Waals surface area (Å²) in [5, 5.41) is 13.3. The van der Waals surface area contributed by atoms with E-state index in [4.69, 9.17) is 27.9 Å². The van der Waals surface area contributed by atoms with Crippen LogP contribution in [0.25, 0.3) is 17.1 Å². The van der Waals surface area contributed by atoms with Crippen molar-refractivity contribution in [2.45, 2.75) is 5.16 Å². The third-order valence-corrected chi connectivity index (χ3v) is 6.03. The minimum atomic E-state index is -0.173. The molecule has 4 rings (SSSR count). The summed E-state index contributed by atoms with van der Waals surface area (Å²) in [5.41, 5.74) is 2.21. The number of aromatic nitrogens is 3. The van der Waals surface area contributed by atoms with Crippen LogP contribution in [0.3, 0.4) is 0 Å². The van der Waals surface area contributed by atoms with Crippen molar-refractivity contribution in [3.05, 3.63) is 82.8 Å². The van der Waals surface area contributed by atoms with Gasteiger partial charge in [0.1, 0.15) is 5.75 Å². The number of benzene rings is 3. The number of carbonyl (C=O) groups excluding carboxylic acids is 1. The average molecular weight is 485 g/mol. The van der Waals surface area contributed by atoms with Crippen LogP contribution in [0.5, 0.6) is 5.75 Å². The van der Waals surface area contributed by atoms with Crippen molar-refractivity contribution in [1.29, 1.82) is 0 Å². The van der Waals surface area contributed by atoms with Gasteiger partial charge in [-0.25, -0.2) is 0 Å². The molecule has 4 aromatic rings. The average Bonchev–Trinajstić information content (AvgIpc) is 3.22. The van der Waals surface area contributed by atoms with Crippen LogP contribution < -0.4 is 10.1 Å². The van der Waals surface area contributed by atoms with E-state index in [1.807, 2.05) is 47.0 Å². The first-order valence-corrected chi connectivity index (χ1v) is 11.3. The number of nitrogens with zero attached hydrogens (tertiary/aromatic N) is 3. The molecule has 3 aromatic carbocycles. The summed E-state index contributed by atoms with van der Waals surface area (Å²) in [6.45, 7) is 0. The molecule has 1 aromatic heterocycles. The normalized spacial score (nSPS) is 10.7. The predicted octanol–water partition coefficient (Wildman–Crippen LogP) is 5.98. The lowest BCUT2D eigenvalue weighted by Crippen LogP contribution is -2.14. The molecule has 0 unspecified atom stereocenters. The highest BCUT2D eigenvalue weighted by atomic mass is 35.5. The van der Waals surface area contributed by atoms with Crippen molar-refractivity contribution < 1.29 is 9.53 Å². The largest absolute Gasteiger partial charge is 0.497 e. The second-order valence-corrected chi connectivity index (χ2v) is 8.45. The van der Waals surface area contributed by atoms with E-state index in [2.05, 4.69) is 15.5 Å². The number of hydrogen-bond donors (Lipinski definition) is 1. The molecule has 1 amide bonds. The Balaban J connectivity index is 1.60. The van der Waals surface area contributed by atoms with E-state index >= 15 is 0 Å². The summed E-state index contributed by atoms with van der Waals surface area (Å²) >= 11 is 13.8. The molecule has 0 aliphatic rings. The van der Waals surface area contributed by atoms with Crippen molar-refractivity contribution >= 4 is 46.6 Å². The summed E-state index contributed by atoms with van der Waals surface area (Å²) < 4.78 is 7.06. The summed E-state index contributed by atoms with van der Waals surface area (Å²) in [4.78, 5) is 12.5. The highest BCUT2D eigenvalue weighted by Gasteiger charge is 2.19. The number of nitrogens with one attached hydrogen (secondary N) is 1. The molecular formula is C23H18Cl2N4O2S. The van der Waals surface area contributed by atoms with Gasteiger partial charge in [0.05, 0.1) is 17.9 Å². The van der Waals surface area contributed by atoms with Crippen LogP contribution in [-0.4, -0.2) is 33.5 Å². The Morgan fingerprint density at radius 2 is 1.81 bits per heavy atom. The fourth-order valence-electron chi connectivity index (χ4n) is 3.03. The number of rotatable bonds is 7. The zero-order chi connectivity index (χ0) is 22.5. The highest BCUT2D eigenvalue weighted by Crippen LogP contribution is 2.32. The summed E-state index contributed by atoms with van der Waals surface area (Å²) in [6, 6.07) is 21.9. The molecule has 0 saturated heterocycles. The lowest BCUT2D eigenvalue weighted by atomic mass is 10.2. The van der Waals surface area contributed by atoms with Crippen LogP contribution in [-0.2, 0) is 4.79 Å². The van der Waals surface area contributed by atoms with E-state index in [9.17, 15) is 4.79 Å². The maximum Gasteiger partial charge on any atom is 0.234 e. The highest BCUT2D eigenvalue weighted by molar-refractivity contribution is 7.99. The molecule has 1 heterocycles. The Morgan fingerprint density at radius 3 is 2.56 bits per heavy atom. The lowest BCUT2D eigenvalue weighted by Gasteiger charge is -2.11. The van der Waals surface area contributed by atoms with E-state index in [-0.39, 0.29) is 11.7 Å². The molecule has 9 heteroatoms. The number of carbonyl (C=O) groups is 1. The second kappa shape index (κ2) is 10.1. The number of anilines is 1. The van der Waals surface area contributed by atoms with Crippen LogP contribution in [0, 0.1) is 0 Å².